The minimum atomic E-state index is -3.13. The minimum Gasteiger partial charge on any atom is -0.369 e. The van der Waals surface area contributed by atoms with Gasteiger partial charge in [0.2, 0.25) is 5.91 Å². The van der Waals surface area contributed by atoms with Crippen molar-refractivity contribution in [2.75, 3.05) is 5.75 Å². The molecule has 2 aliphatic rings. The van der Waals surface area contributed by atoms with Crippen molar-refractivity contribution in [2.24, 2.45) is 11.7 Å². The molecule has 4 rings (SSSR count). The van der Waals surface area contributed by atoms with Crippen LogP contribution in [0.4, 0.5) is 0 Å². The first-order chi connectivity index (χ1) is 12.4. The van der Waals surface area contributed by atoms with Crippen molar-refractivity contribution in [3.8, 4) is 5.69 Å². The summed E-state index contributed by atoms with van der Waals surface area (Å²) in [6, 6.07) is 6.21. The lowest BCUT2D eigenvalue weighted by molar-refractivity contribution is -0.117. The predicted molar refractivity (Wildman–Crippen MR) is 96.4 cm³/mol. The third-order valence-corrected chi connectivity index (χ3v) is 6.29. The van der Waals surface area contributed by atoms with Crippen molar-refractivity contribution in [3.63, 3.8) is 0 Å². The van der Waals surface area contributed by atoms with Gasteiger partial charge in [0.1, 0.15) is 5.82 Å². The van der Waals surface area contributed by atoms with Crippen molar-refractivity contribution in [1.29, 1.82) is 0 Å². The summed E-state index contributed by atoms with van der Waals surface area (Å²) in [5.41, 5.74) is 8.83. The molecule has 0 bridgehead atoms. The Bertz CT molecular complexity index is 1010. The number of allylic oxidation sites excluding steroid dienone is 1. The van der Waals surface area contributed by atoms with Gasteiger partial charge in [0.15, 0.2) is 15.7 Å². The van der Waals surface area contributed by atoms with Gasteiger partial charge in [-0.2, -0.15) is 5.10 Å². The third-order valence-electron chi connectivity index (χ3n) is 4.83. The van der Waals surface area contributed by atoms with Crippen LogP contribution in [0.15, 0.2) is 29.7 Å². The number of fused-ring (bicyclic) bond motifs is 1. The van der Waals surface area contributed by atoms with Crippen LogP contribution in [0.1, 0.15) is 29.2 Å². The second-order valence-corrected chi connectivity index (χ2v) is 8.86. The van der Waals surface area contributed by atoms with Crippen LogP contribution < -0.4 is 5.73 Å². The fourth-order valence-electron chi connectivity index (χ4n) is 3.65. The van der Waals surface area contributed by atoms with Crippen molar-refractivity contribution in [2.45, 2.75) is 32.1 Å². The molecule has 7 nitrogen and oxygen atoms in total. The van der Waals surface area contributed by atoms with E-state index in [0.29, 0.717) is 18.1 Å². The lowest BCUT2D eigenvalue weighted by Crippen LogP contribution is -2.14. The molecule has 0 spiro atoms. The number of nitrogens with zero attached hydrogens (tertiary/aromatic N) is 3. The maximum absolute atomic E-state index is 11.7. The Morgan fingerprint density at radius 1 is 1.27 bits per heavy atom. The zero-order chi connectivity index (χ0) is 18.3. The first-order valence-electron chi connectivity index (χ1n) is 8.66. The van der Waals surface area contributed by atoms with Crippen LogP contribution in [-0.4, -0.2) is 34.8 Å². The fourth-order valence-corrected chi connectivity index (χ4v) is 5.05. The number of sulfone groups is 1. The van der Waals surface area contributed by atoms with E-state index in [1.807, 2.05) is 6.07 Å². The largest absolute Gasteiger partial charge is 0.369 e. The quantitative estimate of drug-likeness (QED) is 0.838. The van der Waals surface area contributed by atoms with Gasteiger partial charge >= 0.3 is 0 Å². The van der Waals surface area contributed by atoms with E-state index in [2.05, 4.69) is 22.2 Å². The zero-order valence-electron chi connectivity index (χ0n) is 14.3. The number of rotatable bonds is 5. The number of nitrogens with two attached hydrogens (primary N) is 1. The molecule has 1 aromatic heterocycles. The molecular weight excluding hydrogens is 352 g/mol. The smallest absolute Gasteiger partial charge is 0.225 e. The summed E-state index contributed by atoms with van der Waals surface area (Å²) in [6.07, 6.45) is 5.40. The Hall–Kier alpha value is -2.48. The van der Waals surface area contributed by atoms with Crippen LogP contribution in [0.3, 0.4) is 0 Å². The number of aryl methyl sites for hydroxylation is 2. The average molecular weight is 372 g/mol. The summed E-state index contributed by atoms with van der Waals surface area (Å²) >= 11 is 0. The SMILES string of the molecule is NC(=O)Cc1nc(C[C@@H]2C=CS(=O)(=O)C2)n(-c2ccc3c(c2)CCC3)n1. The molecule has 0 fully saturated rings. The lowest BCUT2D eigenvalue weighted by atomic mass is 10.1. The highest BCUT2D eigenvalue weighted by Crippen LogP contribution is 2.26. The van der Waals surface area contributed by atoms with Crippen LogP contribution in [0, 0.1) is 5.92 Å². The van der Waals surface area contributed by atoms with E-state index in [4.69, 9.17) is 5.73 Å². The number of hydrogen-bond donors (Lipinski definition) is 1. The van der Waals surface area contributed by atoms with E-state index in [0.717, 1.165) is 24.9 Å². The summed E-state index contributed by atoms with van der Waals surface area (Å²) in [7, 11) is -3.13. The number of amides is 1. The van der Waals surface area contributed by atoms with Gasteiger partial charge in [-0.1, -0.05) is 12.1 Å². The standard InChI is InChI=1S/C18H20N4O3S/c19-16(23)10-17-20-18(8-12-6-7-26(24,25)11-12)22(21-17)15-5-4-13-2-1-3-14(13)9-15/h4-7,9,12H,1-3,8,10-11H2,(H2,19,23)/t12-/m0/s1. The Labute approximate surface area is 151 Å². The van der Waals surface area contributed by atoms with Gasteiger partial charge in [0, 0.05) is 11.8 Å². The van der Waals surface area contributed by atoms with Crippen molar-refractivity contribution in [3.05, 3.63) is 52.5 Å². The summed E-state index contributed by atoms with van der Waals surface area (Å²) in [6.45, 7) is 0. The Kier molecular flexibility index (Phi) is 4.14. The first kappa shape index (κ1) is 17.0. The zero-order valence-corrected chi connectivity index (χ0v) is 15.1. The topological polar surface area (TPSA) is 108 Å². The molecule has 1 atom stereocenters. The monoisotopic (exact) mass is 372 g/mol. The molecule has 1 aliphatic carbocycles. The average Bonchev–Trinajstić information content (AvgIpc) is 3.25. The summed E-state index contributed by atoms with van der Waals surface area (Å²) in [5.74, 6) is 0.448. The van der Waals surface area contributed by atoms with Gasteiger partial charge in [-0.3, -0.25) is 4.79 Å². The van der Waals surface area contributed by atoms with Gasteiger partial charge in [0.25, 0.3) is 0 Å². The van der Waals surface area contributed by atoms with Gasteiger partial charge in [0.05, 0.1) is 17.9 Å². The number of primary amides is 1. The molecule has 2 N–H and O–H groups in total. The summed E-state index contributed by atoms with van der Waals surface area (Å²) in [5, 5.41) is 5.72. The second-order valence-electron chi connectivity index (χ2n) is 6.93. The molecule has 0 saturated carbocycles. The predicted octanol–water partition coefficient (Wildman–Crippen LogP) is 0.885. The van der Waals surface area contributed by atoms with Crippen LogP contribution in [0.5, 0.6) is 0 Å². The highest BCUT2D eigenvalue weighted by molar-refractivity contribution is 7.94. The van der Waals surface area contributed by atoms with Crippen LogP contribution in [0.2, 0.25) is 0 Å². The highest BCUT2D eigenvalue weighted by Gasteiger charge is 2.25. The first-order valence-corrected chi connectivity index (χ1v) is 10.4. The molecule has 1 amide bonds. The molecule has 0 radical (unpaired) electrons. The molecule has 1 aliphatic heterocycles. The number of aromatic nitrogens is 3. The molecule has 26 heavy (non-hydrogen) atoms. The van der Waals surface area contributed by atoms with E-state index in [-0.39, 0.29) is 18.1 Å². The number of carbonyl (C=O) groups excluding carboxylic acids is 1. The molecule has 136 valence electrons. The van der Waals surface area contributed by atoms with Crippen LogP contribution in [-0.2, 0) is 40.3 Å². The van der Waals surface area contributed by atoms with E-state index in [9.17, 15) is 13.2 Å². The van der Waals surface area contributed by atoms with E-state index in [1.165, 1.54) is 16.5 Å². The van der Waals surface area contributed by atoms with Crippen LogP contribution in [0.25, 0.3) is 5.69 Å². The number of hydrogen-bond acceptors (Lipinski definition) is 5. The normalized spacial score (nSPS) is 20.4. The van der Waals surface area contributed by atoms with Crippen molar-refractivity contribution < 1.29 is 13.2 Å². The third kappa shape index (κ3) is 3.41. The minimum absolute atomic E-state index is 0.0380. The van der Waals surface area contributed by atoms with E-state index in [1.54, 1.807) is 10.8 Å². The van der Waals surface area contributed by atoms with Gasteiger partial charge < -0.3 is 5.73 Å². The molecule has 2 aromatic rings. The Morgan fingerprint density at radius 2 is 2.08 bits per heavy atom. The summed E-state index contributed by atoms with van der Waals surface area (Å²) in [4.78, 5) is 15.7. The molecule has 1 aromatic carbocycles. The molecule has 0 unspecified atom stereocenters. The number of carbonyl (C=O) groups is 1. The number of benzene rings is 1. The highest BCUT2D eigenvalue weighted by atomic mass is 32.2. The maximum Gasteiger partial charge on any atom is 0.225 e. The lowest BCUT2D eigenvalue weighted by Gasteiger charge is -2.10. The van der Waals surface area contributed by atoms with Gasteiger partial charge in [-0.25, -0.2) is 18.1 Å². The van der Waals surface area contributed by atoms with Crippen molar-refractivity contribution >= 4 is 15.7 Å². The molecule has 0 saturated heterocycles. The molecule has 8 heteroatoms. The maximum atomic E-state index is 11.7. The van der Waals surface area contributed by atoms with Gasteiger partial charge in [-0.05, 0) is 48.4 Å². The molecule has 2 heterocycles. The van der Waals surface area contributed by atoms with E-state index >= 15 is 0 Å². The van der Waals surface area contributed by atoms with Crippen molar-refractivity contribution in [1.82, 2.24) is 14.8 Å². The Morgan fingerprint density at radius 3 is 2.81 bits per heavy atom. The van der Waals surface area contributed by atoms with E-state index < -0.39 is 15.7 Å². The molecular formula is C18H20N4O3S. The van der Waals surface area contributed by atoms with Crippen LogP contribution >= 0.6 is 0 Å². The summed E-state index contributed by atoms with van der Waals surface area (Å²) < 4.78 is 25.1. The Balaban J connectivity index is 1.69. The fraction of sp³-hybridized carbons (Fsp3) is 0.389. The van der Waals surface area contributed by atoms with Gasteiger partial charge in [-0.15, -0.1) is 0 Å². The second kappa shape index (κ2) is 6.35.